The van der Waals surface area contributed by atoms with Gasteiger partial charge in [-0.2, -0.15) is 0 Å². The van der Waals surface area contributed by atoms with Crippen molar-refractivity contribution in [3.63, 3.8) is 0 Å². The first-order chi connectivity index (χ1) is 7.58. The van der Waals surface area contributed by atoms with Crippen LogP contribution in [0.4, 0.5) is 10.8 Å². The first kappa shape index (κ1) is 14.5. The Morgan fingerprint density at radius 3 is 2.41 bits per heavy atom. The van der Waals surface area contributed by atoms with Gasteiger partial charge >= 0.3 is 29.6 Å². The van der Waals surface area contributed by atoms with Crippen molar-refractivity contribution in [2.24, 2.45) is 0 Å². The van der Waals surface area contributed by atoms with Crippen LogP contribution in [0.1, 0.15) is 0 Å². The Bertz CT molecular complexity index is 567. The topological polar surface area (TPSA) is 85.1 Å². The van der Waals surface area contributed by atoms with Crippen molar-refractivity contribution in [2.45, 2.75) is 4.90 Å². The maximum Gasteiger partial charge on any atom is 1.00 e. The summed E-state index contributed by atoms with van der Waals surface area (Å²) in [6, 6.07) is 5.98. The van der Waals surface area contributed by atoms with Gasteiger partial charge in [0.05, 0.1) is 4.90 Å². The zero-order valence-corrected chi connectivity index (χ0v) is 12.8. The summed E-state index contributed by atoms with van der Waals surface area (Å²) in [5.41, 5.74) is 6.00. The van der Waals surface area contributed by atoms with Crippen LogP contribution in [0, 0.1) is 0 Å². The van der Waals surface area contributed by atoms with Gasteiger partial charge in [0, 0.05) is 17.3 Å². The molecule has 0 bridgehead atoms. The summed E-state index contributed by atoms with van der Waals surface area (Å²) in [6.07, 6.45) is 1.53. The monoisotopic (exact) mass is 278 g/mol. The molecule has 2 rings (SSSR count). The van der Waals surface area contributed by atoms with Crippen LogP contribution >= 0.6 is 11.3 Å². The van der Waals surface area contributed by atoms with E-state index >= 15 is 0 Å². The maximum absolute atomic E-state index is 11.8. The van der Waals surface area contributed by atoms with Crippen molar-refractivity contribution in [2.75, 3.05) is 10.5 Å². The summed E-state index contributed by atoms with van der Waals surface area (Å²) < 4.78 is 26.0. The minimum Gasteiger partial charge on any atom is -0.399 e. The molecule has 0 radical (unpaired) electrons. The molecular weight excluding hydrogens is 269 g/mol. The Hall–Kier alpha value is -0.600. The Morgan fingerprint density at radius 1 is 1.24 bits per heavy atom. The van der Waals surface area contributed by atoms with E-state index in [1.54, 1.807) is 5.38 Å². The standard InChI is InChI=1S/C9H9N3O2S2.Na/c10-7-1-3-8(4-2-7)16(13,14)12-9-11-5-6-15-9;/h1-6H,10H2,(H,11,12);/q;+1. The van der Waals surface area contributed by atoms with Gasteiger partial charge in [0.25, 0.3) is 10.0 Å². The number of hydrogen-bond acceptors (Lipinski definition) is 5. The molecule has 1 aromatic carbocycles. The summed E-state index contributed by atoms with van der Waals surface area (Å²) in [5.74, 6) is 0. The van der Waals surface area contributed by atoms with Crippen LogP contribution in [0.5, 0.6) is 0 Å². The molecule has 17 heavy (non-hydrogen) atoms. The Kier molecular flexibility index (Phi) is 4.96. The molecule has 0 fully saturated rings. The van der Waals surface area contributed by atoms with Crippen LogP contribution in [-0.2, 0) is 10.0 Å². The number of hydrogen-bond donors (Lipinski definition) is 2. The number of anilines is 2. The molecule has 0 amide bonds. The number of aromatic nitrogens is 1. The van der Waals surface area contributed by atoms with E-state index in [1.165, 1.54) is 41.8 Å². The molecule has 8 heteroatoms. The van der Waals surface area contributed by atoms with Crippen LogP contribution in [0.3, 0.4) is 0 Å². The summed E-state index contributed by atoms with van der Waals surface area (Å²) >= 11 is 1.22. The molecular formula is C9H9N3NaO2S2+. The molecule has 2 aromatic rings. The van der Waals surface area contributed by atoms with Crippen molar-refractivity contribution in [3.8, 4) is 0 Å². The number of sulfonamides is 1. The summed E-state index contributed by atoms with van der Waals surface area (Å²) in [4.78, 5) is 4.01. The molecule has 0 saturated heterocycles. The van der Waals surface area contributed by atoms with E-state index in [0.29, 0.717) is 10.8 Å². The first-order valence-corrected chi connectivity index (χ1v) is 6.72. The number of nitrogens with two attached hydrogens (primary N) is 1. The van der Waals surface area contributed by atoms with Crippen molar-refractivity contribution in [3.05, 3.63) is 35.8 Å². The zero-order valence-electron chi connectivity index (χ0n) is 9.12. The van der Waals surface area contributed by atoms with Gasteiger partial charge < -0.3 is 5.73 Å². The van der Waals surface area contributed by atoms with E-state index in [4.69, 9.17) is 5.73 Å². The van der Waals surface area contributed by atoms with Crippen molar-refractivity contribution >= 4 is 32.2 Å². The van der Waals surface area contributed by atoms with Gasteiger partial charge in [-0.05, 0) is 24.3 Å². The Morgan fingerprint density at radius 2 is 1.88 bits per heavy atom. The second kappa shape index (κ2) is 5.83. The van der Waals surface area contributed by atoms with Crippen molar-refractivity contribution in [1.82, 2.24) is 4.98 Å². The van der Waals surface area contributed by atoms with Gasteiger partial charge in [0.1, 0.15) is 0 Å². The molecule has 0 aliphatic heterocycles. The molecule has 1 heterocycles. The minimum absolute atomic E-state index is 0. The molecule has 3 N–H and O–H groups in total. The van der Waals surface area contributed by atoms with Gasteiger partial charge in [-0.3, -0.25) is 4.72 Å². The van der Waals surface area contributed by atoms with Crippen LogP contribution in [0.15, 0.2) is 40.7 Å². The Balaban J connectivity index is 0.00000144. The number of rotatable bonds is 3. The zero-order chi connectivity index (χ0) is 11.6. The SMILES string of the molecule is Nc1ccc(S(=O)(=O)Nc2nccs2)cc1.[Na+]. The Labute approximate surface area is 125 Å². The fourth-order valence-electron chi connectivity index (χ4n) is 1.09. The largest absolute Gasteiger partial charge is 1.00 e. The van der Waals surface area contributed by atoms with E-state index in [1.807, 2.05) is 0 Å². The third kappa shape index (κ3) is 3.68. The number of thiazole rings is 1. The quantitative estimate of drug-likeness (QED) is 0.530. The van der Waals surface area contributed by atoms with Crippen molar-refractivity contribution in [1.29, 1.82) is 0 Å². The van der Waals surface area contributed by atoms with Gasteiger partial charge in [0.15, 0.2) is 5.13 Å². The first-order valence-electron chi connectivity index (χ1n) is 4.36. The summed E-state index contributed by atoms with van der Waals surface area (Å²) in [5, 5.41) is 2.04. The van der Waals surface area contributed by atoms with E-state index in [2.05, 4.69) is 9.71 Å². The fraction of sp³-hybridized carbons (Fsp3) is 0. The third-order valence-electron chi connectivity index (χ3n) is 1.84. The average Bonchev–Trinajstić information content (AvgIpc) is 2.70. The predicted octanol–water partition coefficient (Wildman–Crippen LogP) is -1.47. The van der Waals surface area contributed by atoms with Gasteiger partial charge in [-0.25, -0.2) is 13.4 Å². The number of benzene rings is 1. The van der Waals surface area contributed by atoms with Crippen molar-refractivity contribution < 1.29 is 38.0 Å². The molecule has 0 unspecified atom stereocenters. The van der Waals surface area contributed by atoms with E-state index in [9.17, 15) is 8.42 Å². The third-order valence-corrected chi connectivity index (χ3v) is 4.02. The number of nitrogen functional groups attached to an aromatic ring is 1. The van der Waals surface area contributed by atoms with Crippen LogP contribution in [0.2, 0.25) is 0 Å². The van der Waals surface area contributed by atoms with E-state index in [0.717, 1.165) is 0 Å². The smallest absolute Gasteiger partial charge is 0.399 e. The fourth-order valence-corrected chi connectivity index (χ4v) is 2.88. The van der Waals surface area contributed by atoms with Gasteiger partial charge in [-0.15, -0.1) is 11.3 Å². The molecule has 1 aromatic heterocycles. The number of nitrogens with zero attached hydrogens (tertiary/aromatic N) is 1. The summed E-state index contributed by atoms with van der Waals surface area (Å²) in [7, 11) is -3.56. The molecule has 5 nitrogen and oxygen atoms in total. The molecule has 0 aliphatic rings. The molecule has 0 atom stereocenters. The molecule has 0 aliphatic carbocycles. The molecule has 0 spiro atoms. The van der Waals surface area contributed by atoms with Gasteiger partial charge in [-0.1, -0.05) is 0 Å². The average molecular weight is 278 g/mol. The van der Waals surface area contributed by atoms with E-state index < -0.39 is 10.0 Å². The van der Waals surface area contributed by atoms with Crippen LogP contribution in [-0.4, -0.2) is 13.4 Å². The second-order valence-corrected chi connectivity index (χ2v) is 5.59. The summed E-state index contributed by atoms with van der Waals surface area (Å²) in [6.45, 7) is 0. The van der Waals surface area contributed by atoms with Crippen LogP contribution in [0.25, 0.3) is 0 Å². The normalized spacial score (nSPS) is 10.6. The maximum atomic E-state index is 11.8. The molecule has 0 saturated carbocycles. The molecule has 84 valence electrons. The van der Waals surface area contributed by atoms with Crippen LogP contribution < -0.4 is 40.0 Å². The van der Waals surface area contributed by atoms with Gasteiger partial charge in [0.2, 0.25) is 0 Å². The number of nitrogens with one attached hydrogen (secondary N) is 1. The predicted molar refractivity (Wildman–Crippen MR) is 63.8 cm³/mol. The minimum atomic E-state index is -3.56. The second-order valence-electron chi connectivity index (χ2n) is 3.01. The van der Waals surface area contributed by atoms with E-state index in [-0.39, 0.29) is 34.5 Å².